The minimum absolute atomic E-state index is 0.0427. The van der Waals surface area contributed by atoms with E-state index in [4.69, 9.17) is 15.9 Å². The maximum Gasteiger partial charge on any atom is 0.328 e. The molecule has 0 heterocycles. The van der Waals surface area contributed by atoms with Gasteiger partial charge in [-0.1, -0.05) is 32.4 Å². The predicted molar refractivity (Wildman–Crippen MR) is 111 cm³/mol. The zero-order valence-electron chi connectivity index (χ0n) is 17.5. The summed E-state index contributed by atoms with van der Waals surface area (Å²) < 4.78 is 0. The van der Waals surface area contributed by atoms with E-state index >= 15 is 0 Å². The number of aliphatic hydroxyl groups is 1. The molecule has 0 aliphatic carbocycles. The number of carboxylic acid groups (broad SMARTS) is 1. The van der Waals surface area contributed by atoms with Crippen LogP contribution in [0.15, 0.2) is 24.3 Å². The van der Waals surface area contributed by atoms with Gasteiger partial charge in [0, 0.05) is 6.42 Å². The van der Waals surface area contributed by atoms with Crippen LogP contribution in [0.2, 0.25) is 0 Å². The zero-order chi connectivity index (χ0) is 23.6. The second-order valence-electron chi connectivity index (χ2n) is 7.15. The number of carbonyl (C=O) groups is 4. The Labute approximate surface area is 180 Å². The van der Waals surface area contributed by atoms with Crippen molar-refractivity contribution in [1.82, 2.24) is 16.0 Å². The standard InChI is InChI=1S/C20H30N4O7/c1-3-11(2)17(19(29)23-15(10-25)20(30)31)24-18(28)14(22-16(27)9-21)8-12-4-6-13(26)7-5-12/h4-7,11,14-15,17,25-26H,3,8-10,21H2,1-2H3,(H,22,27)(H,23,29)(H,24,28)(H,30,31). The van der Waals surface area contributed by atoms with E-state index in [1.54, 1.807) is 26.0 Å². The number of carbonyl (C=O) groups excluding carboxylic acids is 3. The van der Waals surface area contributed by atoms with Crippen LogP contribution in [0.4, 0.5) is 0 Å². The van der Waals surface area contributed by atoms with E-state index in [9.17, 15) is 24.3 Å². The molecular formula is C20H30N4O7. The number of aliphatic carboxylic acids is 1. The van der Waals surface area contributed by atoms with Gasteiger partial charge in [-0.15, -0.1) is 0 Å². The summed E-state index contributed by atoms with van der Waals surface area (Å²) in [6, 6.07) is 2.37. The highest BCUT2D eigenvalue weighted by Gasteiger charge is 2.32. The van der Waals surface area contributed by atoms with Gasteiger partial charge in [0.1, 0.15) is 23.9 Å². The van der Waals surface area contributed by atoms with E-state index in [0.717, 1.165) is 0 Å². The van der Waals surface area contributed by atoms with Crippen LogP contribution >= 0.6 is 0 Å². The highest BCUT2D eigenvalue weighted by Crippen LogP contribution is 2.13. The lowest BCUT2D eigenvalue weighted by atomic mass is 9.96. The van der Waals surface area contributed by atoms with Gasteiger partial charge >= 0.3 is 5.97 Å². The lowest BCUT2D eigenvalue weighted by Crippen LogP contribution is -2.58. The minimum atomic E-state index is -1.51. The second kappa shape index (κ2) is 12.5. The predicted octanol–water partition coefficient (Wildman–Crippen LogP) is -1.53. The Bertz CT molecular complexity index is 769. The third kappa shape index (κ3) is 8.22. The van der Waals surface area contributed by atoms with Crippen LogP contribution in [-0.2, 0) is 25.6 Å². The first-order valence-corrected chi connectivity index (χ1v) is 9.84. The number of benzene rings is 1. The number of aromatic hydroxyl groups is 1. The molecule has 1 aromatic rings. The molecule has 0 spiro atoms. The normalized spacial score (nSPS) is 14.6. The molecule has 0 aliphatic heterocycles. The average molecular weight is 438 g/mol. The van der Waals surface area contributed by atoms with Gasteiger partial charge in [0.15, 0.2) is 0 Å². The molecule has 0 bridgehead atoms. The van der Waals surface area contributed by atoms with Crippen molar-refractivity contribution >= 4 is 23.7 Å². The molecule has 4 unspecified atom stereocenters. The summed E-state index contributed by atoms with van der Waals surface area (Å²) >= 11 is 0. The fourth-order valence-corrected chi connectivity index (χ4v) is 2.73. The van der Waals surface area contributed by atoms with Gasteiger partial charge in [0.25, 0.3) is 0 Å². The smallest absolute Gasteiger partial charge is 0.328 e. The number of hydrogen-bond donors (Lipinski definition) is 7. The minimum Gasteiger partial charge on any atom is -0.508 e. The van der Waals surface area contributed by atoms with Gasteiger partial charge in [-0.25, -0.2) is 4.79 Å². The van der Waals surface area contributed by atoms with Gasteiger partial charge in [0.05, 0.1) is 13.2 Å². The average Bonchev–Trinajstić information content (AvgIpc) is 2.75. The number of nitrogens with two attached hydrogens (primary N) is 1. The van der Waals surface area contributed by atoms with E-state index in [0.29, 0.717) is 12.0 Å². The van der Waals surface area contributed by atoms with Gasteiger partial charge in [-0.2, -0.15) is 0 Å². The molecule has 11 nitrogen and oxygen atoms in total. The number of phenolic OH excluding ortho intramolecular Hbond substituents is 1. The summed E-state index contributed by atoms with van der Waals surface area (Å²) in [5.41, 5.74) is 5.98. The maximum atomic E-state index is 12.9. The van der Waals surface area contributed by atoms with Crippen LogP contribution in [0, 0.1) is 5.92 Å². The summed E-state index contributed by atoms with van der Waals surface area (Å²) in [6.07, 6.45) is 0.564. The molecule has 11 heteroatoms. The number of carboxylic acids is 1. The van der Waals surface area contributed by atoms with E-state index in [2.05, 4.69) is 16.0 Å². The van der Waals surface area contributed by atoms with Crippen molar-refractivity contribution in [2.45, 2.75) is 44.8 Å². The molecule has 4 atom stereocenters. The Hall–Kier alpha value is -3.18. The number of aliphatic hydroxyl groups excluding tert-OH is 1. The molecule has 0 fully saturated rings. The number of rotatable bonds is 12. The third-order valence-electron chi connectivity index (χ3n) is 4.80. The third-order valence-corrected chi connectivity index (χ3v) is 4.80. The second-order valence-corrected chi connectivity index (χ2v) is 7.15. The van der Waals surface area contributed by atoms with E-state index in [1.807, 2.05) is 0 Å². The molecule has 0 saturated heterocycles. The summed E-state index contributed by atoms with van der Waals surface area (Å²) in [4.78, 5) is 48.5. The Balaban J connectivity index is 3.04. The summed E-state index contributed by atoms with van der Waals surface area (Å²) in [7, 11) is 0. The van der Waals surface area contributed by atoms with Crippen molar-refractivity contribution in [3.8, 4) is 5.75 Å². The van der Waals surface area contributed by atoms with E-state index < -0.39 is 48.4 Å². The van der Waals surface area contributed by atoms with Gasteiger partial charge in [0.2, 0.25) is 17.7 Å². The van der Waals surface area contributed by atoms with E-state index in [1.165, 1.54) is 12.1 Å². The molecule has 8 N–H and O–H groups in total. The Kier molecular flexibility index (Phi) is 10.4. The summed E-state index contributed by atoms with van der Waals surface area (Å²) in [6.45, 7) is 2.35. The lowest BCUT2D eigenvalue weighted by Gasteiger charge is -2.27. The van der Waals surface area contributed by atoms with Crippen molar-refractivity contribution in [2.75, 3.05) is 13.2 Å². The van der Waals surface area contributed by atoms with Crippen molar-refractivity contribution in [2.24, 2.45) is 11.7 Å². The summed E-state index contributed by atoms with van der Waals surface area (Å²) in [5.74, 6) is -3.73. The van der Waals surface area contributed by atoms with Gasteiger partial charge in [-0.3, -0.25) is 14.4 Å². The molecule has 172 valence electrons. The molecular weight excluding hydrogens is 408 g/mol. The molecule has 0 saturated carbocycles. The highest BCUT2D eigenvalue weighted by molar-refractivity contribution is 5.93. The lowest BCUT2D eigenvalue weighted by molar-refractivity contribution is -0.143. The van der Waals surface area contributed by atoms with Crippen molar-refractivity contribution < 1.29 is 34.5 Å². The van der Waals surface area contributed by atoms with Crippen LogP contribution in [0.5, 0.6) is 5.75 Å². The maximum absolute atomic E-state index is 12.9. The van der Waals surface area contributed by atoms with Crippen molar-refractivity contribution in [3.63, 3.8) is 0 Å². The first-order chi connectivity index (χ1) is 14.6. The van der Waals surface area contributed by atoms with Gasteiger partial charge < -0.3 is 37.0 Å². The molecule has 3 amide bonds. The Morgan fingerprint density at radius 3 is 2.10 bits per heavy atom. The molecule has 1 rings (SSSR count). The van der Waals surface area contributed by atoms with Gasteiger partial charge in [-0.05, 0) is 23.6 Å². The van der Waals surface area contributed by atoms with Crippen molar-refractivity contribution in [1.29, 1.82) is 0 Å². The number of amides is 3. The quantitative estimate of drug-likeness (QED) is 0.204. The SMILES string of the molecule is CCC(C)C(NC(=O)C(Cc1ccc(O)cc1)NC(=O)CN)C(=O)NC(CO)C(=O)O. The summed E-state index contributed by atoms with van der Waals surface area (Å²) in [5, 5.41) is 34.9. The highest BCUT2D eigenvalue weighted by atomic mass is 16.4. The first kappa shape index (κ1) is 25.9. The molecule has 0 aromatic heterocycles. The number of hydrogen-bond acceptors (Lipinski definition) is 7. The number of nitrogens with one attached hydrogen (secondary N) is 3. The molecule has 0 aliphatic rings. The van der Waals surface area contributed by atoms with Crippen LogP contribution in [-0.4, -0.2) is 70.3 Å². The van der Waals surface area contributed by atoms with Crippen LogP contribution in [0.3, 0.4) is 0 Å². The van der Waals surface area contributed by atoms with Crippen LogP contribution < -0.4 is 21.7 Å². The fraction of sp³-hybridized carbons (Fsp3) is 0.500. The molecule has 1 aromatic carbocycles. The fourth-order valence-electron chi connectivity index (χ4n) is 2.73. The Morgan fingerprint density at radius 1 is 1.00 bits per heavy atom. The number of phenols is 1. The molecule has 31 heavy (non-hydrogen) atoms. The largest absolute Gasteiger partial charge is 0.508 e. The molecule has 0 radical (unpaired) electrons. The topological polar surface area (TPSA) is 191 Å². The van der Waals surface area contributed by atoms with Crippen LogP contribution in [0.25, 0.3) is 0 Å². The Morgan fingerprint density at radius 2 is 1.61 bits per heavy atom. The monoisotopic (exact) mass is 438 g/mol. The first-order valence-electron chi connectivity index (χ1n) is 9.84. The van der Waals surface area contributed by atoms with Crippen LogP contribution in [0.1, 0.15) is 25.8 Å². The van der Waals surface area contributed by atoms with E-state index in [-0.39, 0.29) is 24.6 Å². The zero-order valence-corrected chi connectivity index (χ0v) is 17.5. The van der Waals surface area contributed by atoms with Crippen molar-refractivity contribution in [3.05, 3.63) is 29.8 Å².